The van der Waals surface area contributed by atoms with Gasteiger partial charge in [-0.15, -0.1) is 0 Å². The minimum atomic E-state index is -0.0236. The molecule has 1 amide bonds. The first kappa shape index (κ1) is 21.1. The lowest BCUT2D eigenvalue weighted by Crippen LogP contribution is -2.27. The minimum absolute atomic E-state index is 0.0236. The Labute approximate surface area is 187 Å². The molecule has 0 saturated heterocycles. The van der Waals surface area contributed by atoms with Crippen LogP contribution in [0.15, 0.2) is 60.7 Å². The smallest absolute Gasteiger partial charge is 0.220 e. The first-order chi connectivity index (χ1) is 14.9. The summed E-state index contributed by atoms with van der Waals surface area (Å²) in [5.74, 6) is 0.0255. The van der Waals surface area contributed by atoms with Crippen LogP contribution >= 0.6 is 11.6 Å². The van der Waals surface area contributed by atoms with E-state index in [9.17, 15) is 4.79 Å². The number of carbonyl (C=O) groups is 1. The van der Waals surface area contributed by atoms with E-state index in [0.29, 0.717) is 17.9 Å². The Kier molecular flexibility index (Phi) is 6.05. The summed E-state index contributed by atoms with van der Waals surface area (Å²) < 4.78 is 1.86. The SMILES string of the molecule is Cc1nc2cc(-c3ccc(Cl)cc3)nn2c(C)c1CCC(=O)N[C@H](C)c1ccccc1. The quantitative estimate of drug-likeness (QED) is 0.439. The summed E-state index contributed by atoms with van der Waals surface area (Å²) in [6.07, 6.45) is 1.02. The zero-order valence-corrected chi connectivity index (χ0v) is 18.6. The maximum Gasteiger partial charge on any atom is 0.220 e. The number of aryl methyl sites for hydroxylation is 2. The molecule has 0 radical (unpaired) electrons. The largest absolute Gasteiger partial charge is 0.350 e. The van der Waals surface area contributed by atoms with Gasteiger partial charge in [0, 0.05) is 34.5 Å². The molecule has 2 heterocycles. The fourth-order valence-corrected chi connectivity index (χ4v) is 3.95. The molecule has 2 aromatic carbocycles. The molecule has 6 heteroatoms. The molecule has 1 atom stereocenters. The maximum atomic E-state index is 12.5. The normalized spacial score (nSPS) is 12.1. The van der Waals surface area contributed by atoms with Crippen LogP contribution in [0, 0.1) is 13.8 Å². The Morgan fingerprint density at radius 1 is 1.10 bits per heavy atom. The van der Waals surface area contributed by atoms with Crippen molar-refractivity contribution < 1.29 is 4.79 Å². The molecular weight excluding hydrogens is 408 g/mol. The summed E-state index contributed by atoms with van der Waals surface area (Å²) >= 11 is 6.00. The van der Waals surface area contributed by atoms with Crippen molar-refractivity contribution in [3.63, 3.8) is 0 Å². The number of rotatable bonds is 6. The van der Waals surface area contributed by atoms with E-state index in [1.807, 2.05) is 86.0 Å². The van der Waals surface area contributed by atoms with Gasteiger partial charge in [-0.1, -0.05) is 54.1 Å². The second-order valence-corrected chi connectivity index (χ2v) is 8.20. The van der Waals surface area contributed by atoms with Gasteiger partial charge in [0.1, 0.15) is 0 Å². The predicted octanol–water partition coefficient (Wildman–Crippen LogP) is 5.48. The zero-order valence-electron chi connectivity index (χ0n) is 17.9. The van der Waals surface area contributed by atoms with Crippen molar-refractivity contribution in [3.8, 4) is 11.3 Å². The molecule has 0 aliphatic rings. The second kappa shape index (κ2) is 8.90. The molecule has 0 bridgehead atoms. The van der Waals surface area contributed by atoms with Crippen molar-refractivity contribution in [2.45, 2.75) is 39.7 Å². The first-order valence-electron chi connectivity index (χ1n) is 10.4. The third-order valence-electron chi connectivity index (χ3n) is 5.58. The lowest BCUT2D eigenvalue weighted by atomic mass is 10.1. The molecule has 31 heavy (non-hydrogen) atoms. The highest BCUT2D eigenvalue weighted by Gasteiger charge is 2.15. The predicted molar refractivity (Wildman–Crippen MR) is 124 cm³/mol. The Morgan fingerprint density at radius 2 is 1.81 bits per heavy atom. The summed E-state index contributed by atoms with van der Waals surface area (Å²) in [5, 5.41) is 8.51. The van der Waals surface area contributed by atoms with Gasteiger partial charge in [0.25, 0.3) is 0 Å². The number of hydrogen-bond donors (Lipinski definition) is 1. The lowest BCUT2D eigenvalue weighted by Gasteiger charge is -2.15. The molecule has 1 N–H and O–H groups in total. The van der Waals surface area contributed by atoms with Crippen molar-refractivity contribution in [3.05, 3.63) is 88.2 Å². The third kappa shape index (κ3) is 4.62. The molecule has 0 saturated carbocycles. The monoisotopic (exact) mass is 432 g/mol. The van der Waals surface area contributed by atoms with Crippen LogP contribution in [0.3, 0.4) is 0 Å². The summed E-state index contributed by atoms with van der Waals surface area (Å²) in [5.41, 5.74) is 6.72. The summed E-state index contributed by atoms with van der Waals surface area (Å²) in [6, 6.07) is 19.5. The fourth-order valence-electron chi connectivity index (χ4n) is 3.83. The number of nitrogens with one attached hydrogen (secondary N) is 1. The van der Waals surface area contributed by atoms with Crippen LogP contribution in [0.1, 0.15) is 41.9 Å². The van der Waals surface area contributed by atoms with E-state index in [1.165, 1.54) is 0 Å². The van der Waals surface area contributed by atoms with Crippen molar-refractivity contribution in [2.24, 2.45) is 0 Å². The zero-order chi connectivity index (χ0) is 22.0. The number of halogens is 1. The Bertz CT molecular complexity index is 1220. The van der Waals surface area contributed by atoms with E-state index in [-0.39, 0.29) is 11.9 Å². The summed E-state index contributed by atoms with van der Waals surface area (Å²) in [4.78, 5) is 17.3. The van der Waals surface area contributed by atoms with Gasteiger partial charge in [0.15, 0.2) is 5.65 Å². The number of hydrogen-bond acceptors (Lipinski definition) is 3. The highest BCUT2D eigenvalue weighted by molar-refractivity contribution is 6.30. The van der Waals surface area contributed by atoms with E-state index in [4.69, 9.17) is 21.7 Å². The molecular formula is C25H25ClN4O. The van der Waals surface area contributed by atoms with Gasteiger partial charge in [-0.05, 0) is 50.5 Å². The van der Waals surface area contributed by atoms with Crippen molar-refractivity contribution >= 4 is 23.2 Å². The summed E-state index contributed by atoms with van der Waals surface area (Å²) in [7, 11) is 0. The second-order valence-electron chi connectivity index (χ2n) is 7.77. The Hall–Kier alpha value is -3.18. The van der Waals surface area contributed by atoms with Gasteiger partial charge in [0.2, 0.25) is 5.91 Å². The number of amides is 1. The fraction of sp³-hybridized carbons (Fsp3) is 0.240. The van der Waals surface area contributed by atoms with Crippen LogP contribution in [0.2, 0.25) is 5.02 Å². The van der Waals surface area contributed by atoms with Crippen LogP contribution in [-0.4, -0.2) is 20.5 Å². The lowest BCUT2D eigenvalue weighted by molar-refractivity contribution is -0.121. The highest BCUT2D eigenvalue weighted by atomic mass is 35.5. The average molecular weight is 433 g/mol. The Balaban J connectivity index is 1.51. The van der Waals surface area contributed by atoms with E-state index in [1.54, 1.807) is 0 Å². The summed E-state index contributed by atoms with van der Waals surface area (Å²) in [6.45, 7) is 6.02. The Morgan fingerprint density at radius 3 is 2.52 bits per heavy atom. The van der Waals surface area contributed by atoms with Crippen LogP contribution in [0.5, 0.6) is 0 Å². The minimum Gasteiger partial charge on any atom is -0.350 e. The number of benzene rings is 2. The molecule has 0 unspecified atom stereocenters. The van der Waals surface area contributed by atoms with Crippen molar-refractivity contribution in [1.29, 1.82) is 0 Å². The molecule has 4 rings (SSSR count). The van der Waals surface area contributed by atoms with Crippen LogP contribution < -0.4 is 5.32 Å². The van der Waals surface area contributed by atoms with Gasteiger partial charge in [-0.3, -0.25) is 4.79 Å². The molecule has 4 aromatic rings. The standard InChI is InChI=1S/C25H25ClN4O/c1-16(19-7-5-4-6-8-19)28-25(31)14-13-22-17(2)27-24-15-23(29-30(24)18(22)3)20-9-11-21(26)12-10-20/h4-12,15-16H,13-14H2,1-3H3,(H,28,31)/t16-/m1/s1. The van der Waals surface area contributed by atoms with E-state index in [2.05, 4.69) is 5.32 Å². The number of carbonyl (C=O) groups excluding carboxylic acids is 1. The maximum absolute atomic E-state index is 12.5. The van der Waals surface area contributed by atoms with Gasteiger partial charge in [-0.25, -0.2) is 9.50 Å². The van der Waals surface area contributed by atoms with Crippen LogP contribution in [-0.2, 0) is 11.2 Å². The first-order valence-corrected chi connectivity index (χ1v) is 10.8. The van der Waals surface area contributed by atoms with Crippen molar-refractivity contribution in [2.75, 3.05) is 0 Å². The van der Waals surface area contributed by atoms with E-state index < -0.39 is 0 Å². The van der Waals surface area contributed by atoms with Crippen molar-refractivity contribution in [1.82, 2.24) is 19.9 Å². The van der Waals surface area contributed by atoms with Gasteiger partial charge >= 0.3 is 0 Å². The van der Waals surface area contributed by atoms with Gasteiger partial charge in [0.05, 0.1) is 11.7 Å². The number of fused-ring (bicyclic) bond motifs is 1. The van der Waals surface area contributed by atoms with Gasteiger partial charge in [-0.2, -0.15) is 5.10 Å². The molecule has 0 aliphatic carbocycles. The average Bonchev–Trinajstić information content (AvgIpc) is 3.19. The topological polar surface area (TPSA) is 59.3 Å². The third-order valence-corrected chi connectivity index (χ3v) is 5.84. The van der Waals surface area contributed by atoms with Gasteiger partial charge < -0.3 is 5.32 Å². The molecule has 0 spiro atoms. The van der Waals surface area contributed by atoms with E-state index in [0.717, 1.165) is 39.4 Å². The van der Waals surface area contributed by atoms with E-state index >= 15 is 0 Å². The number of aromatic nitrogens is 3. The molecule has 158 valence electrons. The van der Waals surface area contributed by atoms with Crippen LogP contribution in [0.4, 0.5) is 0 Å². The highest BCUT2D eigenvalue weighted by Crippen LogP contribution is 2.24. The molecule has 0 fully saturated rings. The molecule has 2 aromatic heterocycles. The van der Waals surface area contributed by atoms with Crippen LogP contribution in [0.25, 0.3) is 16.9 Å². The molecule has 5 nitrogen and oxygen atoms in total. The molecule has 0 aliphatic heterocycles. The number of nitrogens with zero attached hydrogens (tertiary/aromatic N) is 3.